The van der Waals surface area contributed by atoms with E-state index in [2.05, 4.69) is 20.7 Å². The van der Waals surface area contributed by atoms with Crippen molar-refractivity contribution in [3.8, 4) is 0 Å². The van der Waals surface area contributed by atoms with E-state index in [1.165, 1.54) is 12.1 Å². The molecule has 0 heterocycles. The zero-order chi connectivity index (χ0) is 13.3. The standard InChI is InChI=1S/C10H14BrClN2O2S/c1-10(2,6-13)14-17(15,16)7-3-4-8(11)9(12)5-7/h3-5,14H,6,13H2,1-2H3. The predicted molar refractivity (Wildman–Crippen MR) is 72.6 cm³/mol. The molecular formula is C10H14BrClN2O2S. The van der Waals surface area contributed by atoms with Crippen molar-refractivity contribution in [1.29, 1.82) is 0 Å². The van der Waals surface area contributed by atoms with E-state index >= 15 is 0 Å². The summed E-state index contributed by atoms with van der Waals surface area (Å²) in [4.78, 5) is 0.118. The SMILES string of the molecule is CC(C)(CN)NS(=O)(=O)c1ccc(Br)c(Cl)c1. The minimum Gasteiger partial charge on any atom is -0.329 e. The second kappa shape index (κ2) is 5.24. The third-order valence-electron chi connectivity index (χ3n) is 2.12. The lowest BCUT2D eigenvalue weighted by molar-refractivity contribution is 0.462. The van der Waals surface area contributed by atoms with Gasteiger partial charge in [-0.25, -0.2) is 13.1 Å². The molecule has 3 N–H and O–H groups in total. The lowest BCUT2D eigenvalue weighted by Crippen LogP contribution is -2.48. The van der Waals surface area contributed by atoms with Gasteiger partial charge in [-0.15, -0.1) is 0 Å². The molecule has 0 amide bonds. The molecule has 0 saturated carbocycles. The van der Waals surface area contributed by atoms with Crippen LogP contribution in [0.5, 0.6) is 0 Å². The van der Waals surface area contributed by atoms with Crippen LogP contribution in [0.3, 0.4) is 0 Å². The van der Waals surface area contributed by atoms with E-state index in [4.69, 9.17) is 17.3 Å². The Morgan fingerprint density at radius 2 is 2.06 bits per heavy atom. The van der Waals surface area contributed by atoms with Crippen LogP contribution in [0.1, 0.15) is 13.8 Å². The Bertz CT molecular complexity index is 517. The molecule has 0 aromatic heterocycles. The van der Waals surface area contributed by atoms with E-state index in [1.54, 1.807) is 19.9 Å². The zero-order valence-electron chi connectivity index (χ0n) is 9.50. The number of benzene rings is 1. The van der Waals surface area contributed by atoms with Crippen LogP contribution in [-0.2, 0) is 10.0 Å². The first-order valence-electron chi connectivity index (χ1n) is 4.87. The van der Waals surface area contributed by atoms with Gasteiger partial charge in [0.25, 0.3) is 0 Å². The van der Waals surface area contributed by atoms with Gasteiger partial charge in [-0.2, -0.15) is 0 Å². The van der Waals surface area contributed by atoms with E-state index in [9.17, 15) is 8.42 Å². The summed E-state index contributed by atoms with van der Waals surface area (Å²) in [6, 6.07) is 4.46. The maximum atomic E-state index is 12.0. The van der Waals surface area contributed by atoms with Gasteiger partial charge in [0, 0.05) is 16.6 Å². The van der Waals surface area contributed by atoms with Crippen molar-refractivity contribution in [3.63, 3.8) is 0 Å². The molecule has 0 unspecified atom stereocenters. The van der Waals surface area contributed by atoms with E-state index in [0.29, 0.717) is 9.50 Å². The highest BCUT2D eigenvalue weighted by atomic mass is 79.9. The molecule has 7 heteroatoms. The summed E-state index contributed by atoms with van der Waals surface area (Å²) in [5.41, 5.74) is 4.79. The molecule has 0 aliphatic rings. The van der Waals surface area contributed by atoms with E-state index in [1.807, 2.05) is 0 Å². The number of nitrogens with two attached hydrogens (primary N) is 1. The van der Waals surface area contributed by atoms with Gasteiger partial charge < -0.3 is 5.73 Å². The van der Waals surface area contributed by atoms with Gasteiger partial charge in [-0.1, -0.05) is 11.6 Å². The molecule has 0 atom stereocenters. The molecule has 96 valence electrons. The van der Waals surface area contributed by atoms with Crippen molar-refractivity contribution in [2.24, 2.45) is 5.73 Å². The van der Waals surface area contributed by atoms with Crippen LogP contribution in [0.4, 0.5) is 0 Å². The third-order valence-corrected chi connectivity index (χ3v) is 5.05. The summed E-state index contributed by atoms with van der Waals surface area (Å²) < 4.78 is 27.2. The monoisotopic (exact) mass is 340 g/mol. The Hall–Kier alpha value is -0.140. The molecule has 0 spiro atoms. The van der Waals surface area contributed by atoms with Gasteiger partial charge in [0.2, 0.25) is 10.0 Å². The fourth-order valence-corrected chi connectivity index (χ4v) is 3.05. The summed E-state index contributed by atoms with van der Waals surface area (Å²) in [6.07, 6.45) is 0. The number of sulfonamides is 1. The third kappa shape index (κ3) is 3.93. The summed E-state index contributed by atoms with van der Waals surface area (Å²) in [7, 11) is -3.60. The fourth-order valence-electron chi connectivity index (χ4n) is 1.11. The Kier molecular flexibility index (Phi) is 4.60. The van der Waals surface area contributed by atoms with Crippen LogP contribution >= 0.6 is 27.5 Å². The van der Waals surface area contributed by atoms with Crippen LogP contribution in [0.15, 0.2) is 27.6 Å². The number of rotatable bonds is 4. The Morgan fingerprint density at radius 1 is 1.47 bits per heavy atom. The summed E-state index contributed by atoms with van der Waals surface area (Å²) in [6.45, 7) is 3.63. The van der Waals surface area contributed by atoms with Crippen molar-refractivity contribution >= 4 is 37.6 Å². The molecule has 0 radical (unpaired) electrons. The maximum Gasteiger partial charge on any atom is 0.241 e. The number of hydrogen-bond acceptors (Lipinski definition) is 3. The Labute approximate surface area is 115 Å². The van der Waals surface area contributed by atoms with Crippen LogP contribution in [0.2, 0.25) is 5.02 Å². The van der Waals surface area contributed by atoms with Gasteiger partial charge in [0.1, 0.15) is 0 Å². The van der Waals surface area contributed by atoms with Gasteiger partial charge in [0.05, 0.1) is 9.92 Å². The Morgan fingerprint density at radius 3 is 2.53 bits per heavy atom. The molecule has 0 saturated heterocycles. The molecule has 17 heavy (non-hydrogen) atoms. The smallest absolute Gasteiger partial charge is 0.241 e. The summed E-state index contributed by atoms with van der Waals surface area (Å²) in [5, 5.41) is 0.346. The van der Waals surface area contributed by atoms with Crippen LogP contribution in [0, 0.1) is 0 Å². The van der Waals surface area contributed by atoms with E-state index in [-0.39, 0.29) is 11.4 Å². The second-order valence-corrected chi connectivity index (χ2v) is 7.21. The van der Waals surface area contributed by atoms with Gasteiger partial charge in [0.15, 0.2) is 0 Å². The summed E-state index contributed by atoms with van der Waals surface area (Å²) in [5.74, 6) is 0. The van der Waals surface area contributed by atoms with E-state index < -0.39 is 15.6 Å². The second-order valence-electron chi connectivity index (χ2n) is 4.27. The van der Waals surface area contributed by atoms with Crippen molar-refractivity contribution in [1.82, 2.24) is 4.72 Å². The molecule has 0 bridgehead atoms. The predicted octanol–water partition coefficient (Wildman–Crippen LogP) is 2.12. The highest BCUT2D eigenvalue weighted by Crippen LogP contribution is 2.25. The van der Waals surface area contributed by atoms with Crippen LogP contribution in [0.25, 0.3) is 0 Å². The largest absolute Gasteiger partial charge is 0.329 e. The lowest BCUT2D eigenvalue weighted by Gasteiger charge is -2.23. The van der Waals surface area contributed by atoms with Gasteiger partial charge in [-0.3, -0.25) is 0 Å². The molecule has 0 aliphatic heterocycles. The number of halogens is 2. The van der Waals surface area contributed by atoms with E-state index in [0.717, 1.165) is 0 Å². The average molecular weight is 342 g/mol. The van der Waals surface area contributed by atoms with Gasteiger partial charge >= 0.3 is 0 Å². The van der Waals surface area contributed by atoms with Gasteiger partial charge in [-0.05, 0) is 48.0 Å². The first-order valence-corrected chi connectivity index (χ1v) is 7.52. The topological polar surface area (TPSA) is 72.2 Å². The van der Waals surface area contributed by atoms with Crippen LogP contribution in [-0.4, -0.2) is 20.5 Å². The Balaban J connectivity index is 3.10. The summed E-state index contributed by atoms with van der Waals surface area (Å²) >= 11 is 9.07. The highest BCUT2D eigenvalue weighted by molar-refractivity contribution is 9.10. The zero-order valence-corrected chi connectivity index (χ0v) is 12.7. The highest BCUT2D eigenvalue weighted by Gasteiger charge is 2.25. The minimum atomic E-state index is -3.60. The lowest BCUT2D eigenvalue weighted by atomic mass is 10.1. The van der Waals surface area contributed by atoms with Crippen molar-refractivity contribution in [2.45, 2.75) is 24.3 Å². The fraction of sp³-hybridized carbons (Fsp3) is 0.400. The molecule has 1 aromatic rings. The minimum absolute atomic E-state index is 0.118. The number of hydrogen-bond donors (Lipinski definition) is 2. The van der Waals surface area contributed by atoms with Crippen molar-refractivity contribution in [2.75, 3.05) is 6.54 Å². The first kappa shape index (κ1) is 14.9. The molecule has 0 fully saturated rings. The molecular weight excluding hydrogens is 328 g/mol. The number of nitrogens with one attached hydrogen (secondary N) is 1. The first-order chi connectivity index (χ1) is 7.68. The molecule has 1 aromatic carbocycles. The molecule has 0 aliphatic carbocycles. The van der Waals surface area contributed by atoms with Crippen LogP contribution < -0.4 is 10.5 Å². The molecule has 1 rings (SSSR count). The average Bonchev–Trinajstić information content (AvgIpc) is 2.20. The molecule has 4 nitrogen and oxygen atoms in total. The quantitative estimate of drug-likeness (QED) is 0.881. The normalized spacial score (nSPS) is 12.8. The van der Waals surface area contributed by atoms with Crippen molar-refractivity contribution in [3.05, 3.63) is 27.7 Å². The van der Waals surface area contributed by atoms with Crippen molar-refractivity contribution < 1.29 is 8.42 Å². The maximum absolute atomic E-state index is 12.0.